The first-order chi connectivity index (χ1) is 9.74. The fourth-order valence-corrected chi connectivity index (χ4v) is 2.57. The lowest BCUT2D eigenvalue weighted by Gasteiger charge is -2.28. The lowest BCUT2D eigenvalue weighted by molar-refractivity contribution is 0.584. The van der Waals surface area contributed by atoms with E-state index in [1.807, 2.05) is 0 Å². The summed E-state index contributed by atoms with van der Waals surface area (Å²) >= 11 is 0. The van der Waals surface area contributed by atoms with Crippen molar-refractivity contribution in [3.63, 3.8) is 0 Å². The normalized spacial score (nSPS) is 15.4. The Balaban J connectivity index is 1.96. The maximum Gasteiger partial charge on any atom is 0.132 e. The molecule has 1 aliphatic heterocycles. The number of nitrogens with zero attached hydrogens (tertiary/aromatic N) is 3. The smallest absolute Gasteiger partial charge is 0.132 e. The molecular weight excluding hydrogens is 248 g/mol. The Kier molecular flexibility index (Phi) is 3.65. The lowest BCUT2D eigenvalue weighted by Crippen LogP contribution is -2.43. The quantitative estimate of drug-likeness (QED) is 0.906. The third-order valence-corrected chi connectivity index (χ3v) is 3.76. The fraction of sp³-hybridized carbons (Fsp3) is 0.375. The van der Waals surface area contributed by atoms with Crippen LogP contribution in [0, 0.1) is 13.8 Å². The Morgan fingerprint density at radius 3 is 2.65 bits per heavy atom. The van der Waals surface area contributed by atoms with Gasteiger partial charge in [0.15, 0.2) is 0 Å². The number of piperazine rings is 1. The second kappa shape index (κ2) is 5.59. The number of hydrogen-bond acceptors (Lipinski definition) is 4. The summed E-state index contributed by atoms with van der Waals surface area (Å²) in [7, 11) is 0. The Morgan fingerprint density at radius 1 is 1.05 bits per heavy atom. The molecule has 104 valence electrons. The number of rotatable bonds is 2. The van der Waals surface area contributed by atoms with Gasteiger partial charge in [0, 0.05) is 37.8 Å². The van der Waals surface area contributed by atoms with Crippen molar-refractivity contribution in [1.29, 1.82) is 0 Å². The van der Waals surface area contributed by atoms with Crippen molar-refractivity contribution in [2.45, 2.75) is 13.8 Å². The molecule has 3 rings (SSSR count). The van der Waals surface area contributed by atoms with Gasteiger partial charge in [0.05, 0.1) is 5.69 Å². The van der Waals surface area contributed by atoms with Crippen molar-refractivity contribution in [3.8, 4) is 11.3 Å². The molecule has 1 aromatic heterocycles. The minimum atomic E-state index is 1.00. The van der Waals surface area contributed by atoms with E-state index in [4.69, 9.17) is 0 Å². The molecule has 0 saturated carbocycles. The van der Waals surface area contributed by atoms with Crippen LogP contribution in [0.25, 0.3) is 11.3 Å². The Bertz CT molecular complexity index is 603. The number of hydrogen-bond donors (Lipinski definition) is 1. The summed E-state index contributed by atoms with van der Waals surface area (Å²) in [6.45, 7) is 8.28. The average molecular weight is 268 g/mol. The summed E-state index contributed by atoms with van der Waals surface area (Å²) in [5.41, 5.74) is 4.71. The lowest BCUT2D eigenvalue weighted by atomic mass is 10.0. The van der Waals surface area contributed by atoms with Gasteiger partial charge in [-0.25, -0.2) is 9.97 Å². The zero-order valence-electron chi connectivity index (χ0n) is 12.1. The standard InChI is InChI=1S/C16H20N4/c1-12-3-4-13(2)14(9-12)15-10-16(19-11-18-15)20-7-5-17-6-8-20/h3-4,9-11,17H,5-8H2,1-2H3. The minimum Gasteiger partial charge on any atom is -0.354 e. The predicted octanol–water partition coefficient (Wildman–Crippen LogP) is 2.17. The molecule has 0 amide bonds. The van der Waals surface area contributed by atoms with Crippen molar-refractivity contribution in [3.05, 3.63) is 41.7 Å². The molecular formula is C16H20N4. The molecule has 2 aromatic rings. The fourth-order valence-electron chi connectivity index (χ4n) is 2.57. The van der Waals surface area contributed by atoms with Crippen LogP contribution < -0.4 is 10.2 Å². The van der Waals surface area contributed by atoms with E-state index >= 15 is 0 Å². The van der Waals surface area contributed by atoms with Crippen molar-refractivity contribution in [2.24, 2.45) is 0 Å². The van der Waals surface area contributed by atoms with Gasteiger partial charge in [0.25, 0.3) is 0 Å². The monoisotopic (exact) mass is 268 g/mol. The number of nitrogens with one attached hydrogen (secondary N) is 1. The highest BCUT2D eigenvalue weighted by Crippen LogP contribution is 2.25. The first-order valence-electron chi connectivity index (χ1n) is 7.09. The highest BCUT2D eigenvalue weighted by atomic mass is 15.2. The molecule has 0 radical (unpaired) electrons. The van der Waals surface area contributed by atoms with E-state index in [0.29, 0.717) is 0 Å². The third kappa shape index (κ3) is 2.65. The van der Waals surface area contributed by atoms with Crippen LogP contribution >= 0.6 is 0 Å². The van der Waals surface area contributed by atoms with Gasteiger partial charge in [-0.15, -0.1) is 0 Å². The number of anilines is 1. The van der Waals surface area contributed by atoms with Gasteiger partial charge in [-0.2, -0.15) is 0 Å². The molecule has 0 atom stereocenters. The van der Waals surface area contributed by atoms with Crippen molar-refractivity contribution >= 4 is 5.82 Å². The molecule has 0 aliphatic carbocycles. The predicted molar refractivity (Wildman–Crippen MR) is 82.0 cm³/mol. The van der Waals surface area contributed by atoms with Gasteiger partial charge in [-0.05, 0) is 25.5 Å². The second-order valence-corrected chi connectivity index (χ2v) is 5.32. The van der Waals surface area contributed by atoms with Crippen LogP contribution in [-0.4, -0.2) is 36.1 Å². The first-order valence-corrected chi connectivity index (χ1v) is 7.09. The van der Waals surface area contributed by atoms with Gasteiger partial charge in [0.2, 0.25) is 0 Å². The zero-order valence-corrected chi connectivity index (χ0v) is 12.1. The zero-order chi connectivity index (χ0) is 13.9. The maximum atomic E-state index is 4.45. The van der Waals surface area contributed by atoms with Crippen molar-refractivity contribution in [1.82, 2.24) is 15.3 Å². The Labute approximate surface area is 119 Å². The molecule has 20 heavy (non-hydrogen) atoms. The molecule has 0 unspecified atom stereocenters. The first kappa shape index (κ1) is 13.1. The maximum absolute atomic E-state index is 4.45. The van der Waals surface area contributed by atoms with Crippen LogP contribution in [0.3, 0.4) is 0 Å². The molecule has 4 nitrogen and oxygen atoms in total. The minimum absolute atomic E-state index is 1.00. The van der Waals surface area contributed by atoms with Gasteiger partial charge < -0.3 is 10.2 Å². The Hall–Kier alpha value is -1.94. The van der Waals surface area contributed by atoms with Crippen LogP contribution in [0.1, 0.15) is 11.1 Å². The molecule has 2 heterocycles. The summed E-state index contributed by atoms with van der Waals surface area (Å²) in [5, 5.41) is 3.36. The van der Waals surface area contributed by atoms with E-state index in [9.17, 15) is 0 Å². The van der Waals surface area contributed by atoms with Crippen LogP contribution in [0.5, 0.6) is 0 Å². The summed E-state index contributed by atoms with van der Waals surface area (Å²) < 4.78 is 0. The number of benzene rings is 1. The van der Waals surface area contributed by atoms with E-state index in [1.54, 1.807) is 6.33 Å². The molecule has 1 saturated heterocycles. The van der Waals surface area contributed by atoms with Crippen LogP contribution in [-0.2, 0) is 0 Å². The number of aryl methyl sites for hydroxylation is 2. The van der Waals surface area contributed by atoms with Crippen LogP contribution in [0.4, 0.5) is 5.82 Å². The molecule has 4 heteroatoms. The largest absolute Gasteiger partial charge is 0.354 e. The van der Waals surface area contributed by atoms with Gasteiger partial charge in [-0.1, -0.05) is 17.7 Å². The number of aromatic nitrogens is 2. The molecule has 1 aliphatic rings. The van der Waals surface area contributed by atoms with E-state index in [1.165, 1.54) is 16.7 Å². The molecule has 1 fully saturated rings. The highest BCUT2D eigenvalue weighted by molar-refractivity contribution is 5.66. The van der Waals surface area contributed by atoms with Crippen molar-refractivity contribution in [2.75, 3.05) is 31.1 Å². The van der Waals surface area contributed by atoms with E-state index < -0.39 is 0 Å². The molecule has 1 N–H and O–H groups in total. The van der Waals surface area contributed by atoms with Gasteiger partial charge >= 0.3 is 0 Å². The van der Waals surface area contributed by atoms with E-state index in [2.05, 4.69) is 58.3 Å². The summed E-state index contributed by atoms with van der Waals surface area (Å²) in [4.78, 5) is 11.2. The summed E-state index contributed by atoms with van der Waals surface area (Å²) in [6, 6.07) is 8.58. The van der Waals surface area contributed by atoms with E-state index in [-0.39, 0.29) is 0 Å². The SMILES string of the molecule is Cc1ccc(C)c(-c2cc(N3CCNCC3)ncn2)c1. The van der Waals surface area contributed by atoms with Crippen molar-refractivity contribution < 1.29 is 0 Å². The third-order valence-electron chi connectivity index (χ3n) is 3.76. The molecule has 0 bridgehead atoms. The topological polar surface area (TPSA) is 41.0 Å². The average Bonchev–Trinajstić information content (AvgIpc) is 2.51. The van der Waals surface area contributed by atoms with Crippen LogP contribution in [0.2, 0.25) is 0 Å². The van der Waals surface area contributed by atoms with Crippen LogP contribution in [0.15, 0.2) is 30.6 Å². The highest BCUT2D eigenvalue weighted by Gasteiger charge is 2.13. The summed E-state index contributed by atoms with van der Waals surface area (Å²) in [5.74, 6) is 1.03. The second-order valence-electron chi connectivity index (χ2n) is 5.32. The van der Waals surface area contributed by atoms with Gasteiger partial charge in [-0.3, -0.25) is 0 Å². The Morgan fingerprint density at radius 2 is 1.85 bits per heavy atom. The van der Waals surface area contributed by atoms with Gasteiger partial charge in [0.1, 0.15) is 12.1 Å². The van der Waals surface area contributed by atoms with E-state index in [0.717, 1.165) is 37.7 Å². The summed E-state index contributed by atoms with van der Waals surface area (Å²) in [6.07, 6.45) is 1.68. The molecule has 0 spiro atoms. The molecule has 1 aromatic carbocycles.